The summed E-state index contributed by atoms with van der Waals surface area (Å²) >= 11 is 0. The molecule has 0 aromatic carbocycles. The highest BCUT2D eigenvalue weighted by molar-refractivity contribution is 5.91. The number of rotatable bonds is 6. The molecule has 1 aliphatic heterocycles. The first-order valence-electron chi connectivity index (χ1n) is 10.4. The molecule has 0 atom stereocenters. The van der Waals surface area contributed by atoms with Crippen LogP contribution in [0.5, 0.6) is 5.88 Å². The molecule has 4 rings (SSSR count). The van der Waals surface area contributed by atoms with Crippen LogP contribution in [0, 0.1) is 5.92 Å². The summed E-state index contributed by atoms with van der Waals surface area (Å²) < 4.78 is 11.2. The zero-order chi connectivity index (χ0) is 20.1. The lowest BCUT2D eigenvalue weighted by Crippen LogP contribution is -2.42. The predicted octanol–water partition coefficient (Wildman–Crippen LogP) is 3.16. The molecule has 7 heteroatoms. The first kappa shape index (κ1) is 19.5. The number of ether oxygens (including phenoxy) is 1. The number of carbonyl (C=O) groups is 2. The summed E-state index contributed by atoms with van der Waals surface area (Å²) in [6, 6.07) is 7.18. The van der Waals surface area contributed by atoms with Crippen LogP contribution in [-0.4, -0.2) is 40.9 Å². The number of carbonyl (C=O) groups excluding carboxylic acids is 2. The molecule has 0 bridgehead atoms. The van der Waals surface area contributed by atoms with E-state index in [1.807, 2.05) is 12.1 Å². The number of nitrogens with zero attached hydrogens (tertiary/aromatic N) is 2. The van der Waals surface area contributed by atoms with E-state index < -0.39 is 0 Å². The molecule has 1 aliphatic carbocycles. The van der Waals surface area contributed by atoms with Crippen LogP contribution in [0.2, 0.25) is 0 Å². The van der Waals surface area contributed by atoms with Gasteiger partial charge in [0.1, 0.15) is 6.10 Å². The molecule has 1 saturated heterocycles. The molecule has 2 amide bonds. The molecule has 7 nitrogen and oxygen atoms in total. The Hall–Kier alpha value is -2.83. The minimum atomic E-state index is -0.113. The fourth-order valence-corrected chi connectivity index (χ4v) is 4.06. The Morgan fingerprint density at radius 2 is 1.93 bits per heavy atom. The van der Waals surface area contributed by atoms with Crippen LogP contribution < -0.4 is 10.1 Å². The van der Waals surface area contributed by atoms with Gasteiger partial charge in [-0.3, -0.25) is 9.59 Å². The van der Waals surface area contributed by atoms with E-state index in [9.17, 15) is 9.59 Å². The average Bonchev–Trinajstić information content (AvgIpc) is 3.47. The van der Waals surface area contributed by atoms with E-state index in [0.717, 1.165) is 18.4 Å². The van der Waals surface area contributed by atoms with Gasteiger partial charge in [-0.2, -0.15) is 0 Å². The van der Waals surface area contributed by atoms with Crippen molar-refractivity contribution in [3.05, 3.63) is 48.0 Å². The molecule has 2 aromatic heterocycles. The lowest BCUT2D eigenvalue weighted by molar-refractivity contribution is -0.126. The van der Waals surface area contributed by atoms with Crippen molar-refractivity contribution in [1.29, 1.82) is 0 Å². The minimum Gasteiger partial charge on any atom is -0.474 e. The van der Waals surface area contributed by atoms with Crippen LogP contribution in [0.15, 0.2) is 41.1 Å². The monoisotopic (exact) mass is 397 g/mol. The molecule has 0 radical (unpaired) electrons. The van der Waals surface area contributed by atoms with Gasteiger partial charge in [-0.25, -0.2) is 4.98 Å². The van der Waals surface area contributed by atoms with Crippen molar-refractivity contribution in [2.45, 2.75) is 51.2 Å². The molecule has 29 heavy (non-hydrogen) atoms. The molecule has 1 N–H and O–H groups in total. The Morgan fingerprint density at radius 3 is 2.66 bits per heavy atom. The number of aromatic nitrogens is 1. The van der Waals surface area contributed by atoms with Crippen molar-refractivity contribution in [1.82, 2.24) is 15.2 Å². The standard InChI is InChI=1S/C22H27N3O4/c26-20(16-9-12-25(13-10-16)22(27)19-8-4-14-28-19)24-15-17-5-3-11-23-21(17)29-18-6-1-2-7-18/h3-5,8,11,14,16,18H,1-2,6-7,9-10,12-13,15H2,(H,24,26). The predicted molar refractivity (Wildman–Crippen MR) is 106 cm³/mol. The summed E-state index contributed by atoms with van der Waals surface area (Å²) in [6.45, 7) is 1.52. The first-order chi connectivity index (χ1) is 14.2. The zero-order valence-corrected chi connectivity index (χ0v) is 16.5. The Labute approximate surface area is 170 Å². The number of amides is 2. The number of nitrogens with one attached hydrogen (secondary N) is 1. The lowest BCUT2D eigenvalue weighted by atomic mass is 9.95. The molecule has 2 fully saturated rings. The largest absolute Gasteiger partial charge is 0.474 e. The number of furan rings is 1. The van der Waals surface area contributed by atoms with Gasteiger partial charge in [-0.05, 0) is 56.7 Å². The summed E-state index contributed by atoms with van der Waals surface area (Å²) in [5.74, 6) is 0.785. The van der Waals surface area contributed by atoms with Crippen molar-refractivity contribution in [3.8, 4) is 5.88 Å². The SMILES string of the molecule is O=C(NCc1cccnc1OC1CCCC1)C1CCN(C(=O)c2ccco2)CC1. The topological polar surface area (TPSA) is 84.7 Å². The number of piperidine rings is 1. The molecular formula is C22H27N3O4. The van der Waals surface area contributed by atoms with Crippen molar-refractivity contribution in [2.75, 3.05) is 13.1 Å². The highest BCUT2D eigenvalue weighted by Gasteiger charge is 2.29. The van der Waals surface area contributed by atoms with Gasteiger partial charge in [0, 0.05) is 37.3 Å². The van der Waals surface area contributed by atoms with Gasteiger partial charge in [0.25, 0.3) is 5.91 Å². The van der Waals surface area contributed by atoms with Gasteiger partial charge in [0.05, 0.1) is 6.26 Å². The minimum absolute atomic E-state index is 0.0192. The van der Waals surface area contributed by atoms with E-state index in [-0.39, 0.29) is 23.8 Å². The third-order valence-electron chi connectivity index (χ3n) is 5.77. The van der Waals surface area contributed by atoms with Crippen LogP contribution in [0.4, 0.5) is 0 Å². The quantitative estimate of drug-likeness (QED) is 0.809. The van der Waals surface area contributed by atoms with Crippen LogP contribution in [-0.2, 0) is 11.3 Å². The summed E-state index contributed by atoms with van der Waals surface area (Å²) in [5.41, 5.74) is 0.901. The van der Waals surface area contributed by atoms with Crippen molar-refractivity contribution < 1.29 is 18.7 Å². The van der Waals surface area contributed by atoms with Gasteiger partial charge in [-0.1, -0.05) is 6.07 Å². The van der Waals surface area contributed by atoms with Gasteiger partial charge in [-0.15, -0.1) is 0 Å². The third kappa shape index (κ3) is 4.78. The molecule has 3 heterocycles. The summed E-state index contributed by atoms with van der Waals surface area (Å²) in [6.07, 6.45) is 9.28. The van der Waals surface area contributed by atoms with Gasteiger partial charge in [0.15, 0.2) is 5.76 Å². The first-order valence-corrected chi connectivity index (χ1v) is 10.4. The maximum absolute atomic E-state index is 12.6. The summed E-state index contributed by atoms with van der Waals surface area (Å²) in [7, 11) is 0. The Bertz CT molecular complexity index is 822. The van der Waals surface area contributed by atoms with Crippen LogP contribution in [0.3, 0.4) is 0 Å². The molecule has 154 valence electrons. The lowest BCUT2D eigenvalue weighted by Gasteiger charge is -2.30. The van der Waals surface area contributed by atoms with E-state index in [4.69, 9.17) is 9.15 Å². The van der Waals surface area contributed by atoms with Gasteiger partial charge < -0.3 is 19.4 Å². The highest BCUT2D eigenvalue weighted by Crippen LogP contribution is 2.25. The van der Waals surface area contributed by atoms with Crippen LogP contribution >= 0.6 is 0 Å². The molecule has 2 aliphatic rings. The molecule has 1 saturated carbocycles. The molecular weight excluding hydrogens is 370 g/mol. The molecule has 0 unspecified atom stereocenters. The Kier molecular flexibility index (Phi) is 6.12. The van der Waals surface area contributed by atoms with Crippen LogP contribution in [0.1, 0.15) is 54.6 Å². The van der Waals surface area contributed by atoms with Crippen molar-refractivity contribution in [3.63, 3.8) is 0 Å². The highest BCUT2D eigenvalue weighted by atomic mass is 16.5. The fraction of sp³-hybridized carbons (Fsp3) is 0.500. The van der Waals surface area contributed by atoms with E-state index >= 15 is 0 Å². The Morgan fingerprint density at radius 1 is 1.14 bits per heavy atom. The number of pyridine rings is 1. The number of hydrogen-bond donors (Lipinski definition) is 1. The number of hydrogen-bond acceptors (Lipinski definition) is 5. The molecule has 0 spiro atoms. The third-order valence-corrected chi connectivity index (χ3v) is 5.77. The fourth-order valence-electron chi connectivity index (χ4n) is 4.06. The second kappa shape index (κ2) is 9.11. The van der Waals surface area contributed by atoms with E-state index in [2.05, 4.69) is 10.3 Å². The summed E-state index contributed by atoms with van der Waals surface area (Å²) in [5, 5.41) is 3.02. The van der Waals surface area contributed by atoms with E-state index in [1.165, 1.54) is 19.1 Å². The maximum Gasteiger partial charge on any atom is 0.289 e. The van der Waals surface area contributed by atoms with E-state index in [0.29, 0.717) is 44.1 Å². The second-order valence-electron chi connectivity index (χ2n) is 7.75. The average molecular weight is 397 g/mol. The second-order valence-corrected chi connectivity index (χ2v) is 7.75. The van der Waals surface area contributed by atoms with Crippen molar-refractivity contribution in [2.24, 2.45) is 5.92 Å². The van der Waals surface area contributed by atoms with E-state index in [1.54, 1.807) is 23.2 Å². The number of likely N-dealkylation sites (tertiary alicyclic amines) is 1. The van der Waals surface area contributed by atoms with Crippen molar-refractivity contribution >= 4 is 11.8 Å². The zero-order valence-electron chi connectivity index (χ0n) is 16.5. The molecule has 2 aromatic rings. The summed E-state index contributed by atoms with van der Waals surface area (Å²) in [4.78, 5) is 31.1. The van der Waals surface area contributed by atoms with Gasteiger partial charge in [0.2, 0.25) is 11.8 Å². The Balaban J connectivity index is 1.27. The van der Waals surface area contributed by atoms with Crippen LogP contribution in [0.25, 0.3) is 0 Å². The van der Waals surface area contributed by atoms with Gasteiger partial charge >= 0.3 is 0 Å². The smallest absolute Gasteiger partial charge is 0.289 e. The maximum atomic E-state index is 12.6. The normalized spacial score (nSPS) is 18.0.